The zero-order valence-electron chi connectivity index (χ0n) is 12.2. The van der Waals surface area contributed by atoms with Crippen molar-refractivity contribution in [3.05, 3.63) is 66.5 Å². The summed E-state index contributed by atoms with van der Waals surface area (Å²) in [6.07, 6.45) is 4.92. The number of hydrazone groups is 1. The van der Waals surface area contributed by atoms with E-state index in [1.807, 2.05) is 48.5 Å². The summed E-state index contributed by atoms with van der Waals surface area (Å²) >= 11 is 1.38. The van der Waals surface area contributed by atoms with Crippen LogP contribution in [0.4, 0.5) is 0 Å². The fraction of sp³-hybridized carbons (Fsp3) is 0.0588. The van der Waals surface area contributed by atoms with Crippen LogP contribution in [-0.2, 0) is 4.79 Å². The number of nitrogens with one attached hydrogen (secondary N) is 1. The number of rotatable bonds is 5. The lowest BCUT2D eigenvalue weighted by atomic mass is 10.2. The zero-order chi connectivity index (χ0) is 15.9. The zero-order valence-corrected chi connectivity index (χ0v) is 13.0. The highest BCUT2D eigenvalue weighted by atomic mass is 32.2. The number of carbonyl (C=O) groups excluding carboxylic acids is 1. The maximum atomic E-state index is 11.8. The standard InChI is InChI=1S/C17H14N4OS/c22-16(21-19-11-13-7-9-18-10-8-13)12-23-17-6-5-14-3-1-2-4-15(14)20-17/h1-11H,12H2,(H,21,22)/b19-11-. The molecule has 1 amide bonds. The van der Waals surface area contributed by atoms with Crippen molar-refractivity contribution in [1.29, 1.82) is 0 Å². The van der Waals surface area contributed by atoms with E-state index in [1.165, 1.54) is 11.8 Å². The average Bonchev–Trinajstić information content (AvgIpc) is 2.61. The van der Waals surface area contributed by atoms with E-state index in [2.05, 4.69) is 20.5 Å². The number of pyridine rings is 2. The van der Waals surface area contributed by atoms with Crippen LogP contribution in [0.15, 0.2) is 71.1 Å². The van der Waals surface area contributed by atoms with Crippen LogP contribution in [0, 0.1) is 0 Å². The third-order valence-electron chi connectivity index (χ3n) is 3.03. The number of para-hydroxylation sites is 1. The fourth-order valence-electron chi connectivity index (χ4n) is 1.93. The quantitative estimate of drug-likeness (QED) is 0.445. The Kier molecular flexibility index (Phi) is 4.95. The molecule has 0 saturated carbocycles. The first-order valence-electron chi connectivity index (χ1n) is 7.02. The monoisotopic (exact) mass is 322 g/mol. The maximum Gasteiger partial charge on any atom is 0.250 e. The van der Waals surface area contributed by atoms with E-state index in [9.17, 15) is 4.79 Å². The minimum Gasteiger partial charge on any atom is -0.272 e. The Morgan fingerprint density at radius 3 is 2.83 bits per heavy atom. The van der Waals surface area contributed by atoms with Gasteiger partial charge in [-0.2, -0.15) is 5.10 Å². The van der Waals surface area contributed by atoms with Gasteiger partial charge in [-0.25, -0.2) is 10.4 Å². The third-order valence-corrected chi connectivity index (χ3v) is 3.96. The first-order valence-corrected chi connectivity index (χ1v) is 8.00. The summed E-state index contributed by atoms with van der Waals surface area (Å²) in [5.41, 5.74) is 4.30. The van der Waals surface area contributed by atoms with E-state index in [4.69, 9.17) is 0 Å². The van der Waals surface area contributed by atoms with Crippen molar-refractivity contribution >= 4 is 34.8 Å². The van der Waals surface area contributed by atoms with Crippen molar-refractivity contribution in [3.8, 4) is 0 Å². The lowest BCUT2D eigenvalue weighted by Crippen LogP contribution is -2.19. The van der Waals surface area contributed by atoms with Gasteiger partial charge in [-0.15, -0.1) is 0 Å². The van der Waals surface area contributed by atoms with Gasteiger partial charge in [-0.1, -0.05) is 36.0 Å². The van der Waals surface area contributed by atoms with Gasteiger partial charge >= 0.3 is 0 Å². The second kappa shape index (κ2) is 7.51. The first-order chi connectivity index (χ1) is 11.3. The Morgan fingerprint density at radius 1 is 1.13 bits per heavy atom. The Balaban J connectivity index is 1.52. The van der Waals surface area contributed by atoms with Gasteiger partial charge in [-0.05, 0) is 29.8 Å². The molecule has 0 aliphatic carbocycles. The molecule has 1 aromatic carbocycles. The molecule has 2 heterocycles. The van der Waals surface area contributed by atoms with Gasteiger partial charge in [0.2, 0.25) is 5.91 Å². The SMILES string of the molecule is O=C(CSc1ccc2ccccc2n1)N/N=C\c1ccncc1. The number of nitrogens with zero attached hydrogens (tertiary/aromatic N) is 3. The van der Waals surface area contributed by atoms with E-state index in [0.29, 0.717) is 0 Å². The molecule has 0 atom stereocenters. The molecule has 5 nitrogen and oxygen atoms in total. The molecule has 2 aromatic heterocycles. The van der Waals surface area contributed by atoms with Crippen molar-refractivity contribution in [2.75, 3.05) is 5.75 Å². The molecule has 0 aliphatic heterocycles. The summed E-state index contributed by atoms with van der Waals surface area (Å²) in [6, 6.07) is 15.4. The number of hydrogen-bond donors (Lipinski definition) is 1. The van der Waals surface area contributed by atoms with Gasteiger partial charge in [0.25, 0.3) is 0 Å². The van der Waals surface area contributed by atoms with Crippen LogP contribution in [0.5, 0.6) is 0 Å². The molecule has 6 heteroatoms. The van der Waals surface area contributed by atoms with Gasteiger partial charge in [-0.3, -0.25) is 9.78 Å². The molecule has 0 saturated heterocycles. The molecule has 3 aromatic rings. The molecule has 0 fully saturated rings. The first kappa shape index (κ1) is 15.2. The molecule has 1 N–H and O–H groups in total. The van der Waals surface area contributed by atoms with Gasteiger partial charge in [0.15, 0.2) is 0 Å². The molecule has 0 bridgehead atoms. The highest BCUT2D eigenvalue weighted by molar-refractivity contribution is 7.99. The summed E-state index contributed by atoms with van der Waals surface area (Å²) in [7, 11) is 0. The van der Waals surface area contributed by atoms with Gasteiger partial charge < -0.3 is 0 Å². The van der Waals surface area contributed by atoms with Crippen molar-refractivity contribution in [1.82, 2.24) is 15.4 Å². The van der Waals surface area contributed by atoms with Crippen molar-refractivity contribution in [3.63, 3.8) is 0 Å². The lowest BCUT2D eigenvalue weighted by Gasteiger charge is -2.02. The predicted molar refractivity (Wildman–Crippen MR) is 92.4 cm³/mol. The molecule has 3 rings (SSSR count). The Bertz CT molecular complexity index is 836. The Hall–Kier alpha value is -2.73. The van der Waals surface area contributed by atoms with Crippen LogP contribution >= 0.6 is 11.8 Å². The minimum absolute atomic E-state index is 0.171. The fourth-order valence-corrected chi connectivity index (χ4v) is 2.60. The summed E-state index contributed by atoms with van der Waals surface area (Å²) in [5.74, 6) is 0.0919. The van der Waals surface area contributed by atoms with E-state index >= 15 is 0 Å². The molecular formula is C17H14N4OS. The van der Waals surface area contributed by atoms with Crippen LogP contribution in [0.1, 0.15) is 5.56 Å². The number of amides is 1. The van der Waals surface area contributed by atoms with Gasteiger partial charge in [0, 0.05) is 17.8 Å². The van der Waals surface area contributed by atoms with Gasteiger partial charge in [0.05, 0.1) is 22.5 Å². The summed E-state index contributed by atoms with van der Waals surface area (Å²) in [5, 5.41) is 5.82. The van der Waals surface area contributed by atoms with Crippen LogP contribution < -0.4 is 5.43 Å². The molecule has 114 valence electrons. The maximum absolute atomic E-state index is 11.8. The topological polar surface area (TPSA) is 67.2 Å². The molecule has 0 spiro atoms. The average molecular weight is 322 g/mol. The Labute approximate surface area is 137 Å². The second-order valence-corrected chi connectivity index (χ2v) is 5.70. The van der Waals surface area contributed by atoms with Crippen LogP contribution in [0.25, 0.3) is 10.9 Å². The molecule has 0 unspecified atom stereocenters. The number of aromatic nitrogens is 2. The van der Waals surface area contributed by atoms with Crippen molar-refractivity contribution in [2.45, 2.75) is 5.03 Å². The van der Waals surface area contributed by atoms with Crippen molar-refractivity contribution in [2.24, 2.45) is 5.10 Å². The minimum atomic E-state index is -0.171. The van der Waals surface area contributed by atoms with Crippen LogP contribution in [0.2, 0.25) is 0 Å². The summed E-state index contributed by atoms with van der Waals surface area (Å²) in [4.78, 5) is 20.2. The van der Waals surface area contributed by atoms with E-state index in [0.717, 1.165) is 21.5 Å². The van der Waals surface area contributed by atoms with Gasteiger partial charge in [0.1, 0.15) is 0 Å². The Morgan fingerprint density at radius 2 is 1.96 bits per heavy atom. The molecule has 0 radical (unpaired) electrons. The van der Waals surface area contributed by atoms with E-state index in [-0.39, 0.29) is 11.7 Å². The smallest absolute Gasteiger partial charge is 0.250 e. The number of thioether (sulfide) groups is 1. The number of fused-ring (bicyclic) bond motifs is 1. The summed E-state index contributed by atoms with van der Waals surface area (Å²) in [6.45, 7) is 0. The van der Waals surface area contributed by atoms with Crippen LogP contribution in [-0.4, -0.2) is 27.8 Å². The van der Waals surface area contributed by atoms with Crippen LogP contribution in [0.3, 0.4) is 0 Å². The molecular weight excluding hydrogens is 308 g/mol. The van der Waals surface area contributed by atoms with E-state index in [1.54, 1.807) is 18.6 Å². The van der Waals surface area contributed by atoms with Crippen molar-refractivity contribution < 1.29 is 4.79 Å². The number of benzene rings is 1. The largest absolute Gasteiger partial charge is 0.272 e. The number of carbonyl (C=O) groups is 1. The third kappa shape index (κ3) is 4.37. The summed E-state index contributed by atoms with van der Waals surface area (Å²) < 4.78 is 0. The molecule has 0 aliphatic rings. The van der Waals surface area contributed by atoms with E-state index < -0.39 is 0 Å². The highest BCUT2D eigenvalue weighted by Gasteiger charge is 2.03. The second-order valence-electron chi connectivity index (χ2n) is 4.70. The number of hydrogen-bond acceptors (Lipinski definition) is 5. The predicted octanol–water partition coefficient (Wildman–Crippen LogP) is 2.87. The lowest BCUT2D eigenvalue weighted by molar-refractivity contribution is -0.118. The molecule has 23 heavy (non-hydrogen) atoms. The highest BCUT2D eigenvalue weighted by Crippen LogP contribution is 2.19. The normalized spacial score (nSPS) is 11.0.